The van der Waals surface area contributed by atoms with Crippen LogP contribution in [0.1, 0.15) is 57.8 Å². The summed E-state index contributed by atoms with van der Waals surface area (Å²) in [6, 6.07) is 7.19. The normalized spacial score (nSPS) is 20.0. The summed E-state index contributed by atoms with van der Waals surface area (Å²) in [6.07, 6.45) is 0.641. The van der Waals surface area contributed by atoms with Crippen LogP contribution in [0.2, 0.25) is 0 Å². The SMILES string of the molecule is CC1(C)COB(c2cccc(C(=O)OC3CCN(C(=O)OC(C)(C)C)CC3)c2)OC1. The van der Waals surface area contributed by atoms with Crippen molar-refractivity contribution in [2.75, 3.05) is 26.3 Å². The molecule has 1 aromatic carbocycles. The van der Waals surface area contributed by atoms with Gasteiger partial charge in [-0.1, -0.05) is 26.0 Å². The molecule has 1 aromatic rings. The molecule has 0 aliphatic carbocycles. The Bertz CT molecular complexity index is 757. The maximum atomic E-state index is 12.6. The number of hydrogen-bond donors (Lipinski definition) is 0. The van der Waals surface area contributed by atoms with Gasteiger partial charge in [0.1, 0.15) is 11.7 Å². The number of likely N-dealkylation sites (tertiary alicyclic amines) is 1. The zero-order valence-electron chi connectivity index (χ0n) is 18.6. The summed E-state index contributed by atoms with van der Waals surface area (Å²) in [7, 11) is -0.470. The number of amides is 1. The molecule has 2 saturated heterocycles. The molecule has 8 heteroatoms. The van der Waals surface area contributed by atoms with Crippen molar-refractivity contribution in [3.8, 4) is 0 Å². The van der Waals surface area contributed by atoms with E-state index in [0.29, 0.717) is 44.7 Å². The fraction of sp³-hybridized carbons (Fsp3) is 0.636. The van der Waals surface area contributed by atoms with Crippen LogP contribution in [0.5, 0.6) is 0 Å². The van der Waals surface area contributed by atoms with Crippen LogP contribution < -0.4 is 5.46 Å². The summed E-state index contributed by atoms with van der Waals surface area (Å²) in [5, 5.41) is 0. The lowest BCUT2D eigenvalue weighted by atomic mass is 9.75. The van der Waals surface area contributed by atoms with Crippen LogP contribution in [-0.4, -0.2) is 62.1 Å². The topological polar surface area (TPSA) is 74.3 Å². The molecule has 0 spiro atoms. The maximum absolute atomic E-state index is 12.6. The lowest BCUT2D eigenvalue weighted by molar-refractivity contribution is -0.00340. The molecule has 0 unspecified atom stereocenters. The Morgan fingerprint density at radius 2 is 1.77 bits per heavy atom. The van der Waals surface area contributed by atoms with E-state index < -0.39 is 12.7 Å². The van der Waals surface area contributed by atoms with E-state index in [9.17, 15) is 9.59 Å². The van der Waals surface area contributed by atoms with Crippen molar-refractivity contribution in [2.45, 2.75) is 59.2 Å². The molecular formula is C22H32BNO6. The van der Waals surface area contributed by atoms with Gasteiger partial charge < -0.3 is 23.7 Å². The van der Waals surface area contributed by atoms with Gasteiger partial charge in [-0.15, -0.1) is 0 Å². The van der Waals surface area contributed by atoms with Gasteiger partial charge in [0.15, 0.2) is 0 Å². The Balaban J connectivity index is 1.52. The number of carbonyl (C=O) groups is 2. The first-order valence-electron chi connectivity index (χ1n) is 10.5. The van der Waals surface area contributed by atoms with E-state index in [0.717, 1.165) is 5.46 Å². The van der Waals surface area contributed by atoms with Gasteiger partial charge in [-0.05, 0) is 38.4 Å². The molecule has 30 heavy (non-hydrogen) atoms. The molecule has 2 heterocycles. The molecule has 1 amide bonds. The van der Waals surface area contributed by atoms with Crippen molar-refractivity contribution in [3.05, 3.63) is 29.8 Å². The zero-order valence-corrected chi connectivity index (χ0v) is 18.6. The van der Waals surface area contributed by atoms with Gasteiger partial charge in [0.25, 0.3) is 0 Å². The van der Waals surface area contributed by atoms with Crippen LogP contribution in [0.3, 0.4) is 0 Å². The largest absolute Gasteiger partial charge is 0.493 e. The highest BCUT2D eigenvalue weighted by Gasteiger charge is 2.34. The van der Waals surface area contributed by atoms with Gasteiger partial charge in [0, 0.05) is 44.6 Å². The molecular weight excluding hydrogens is 385 g/mol. The summed E-state index contributed by atoms with van der Waals surface area (Å²) in [4.78, 5) is 26.5. The second kappa shape index (κ2) is 8.98. The van der Waals surface area contributed by atoms with Crippen molar-refractivity contribution in [1.82, 2.24) is 4.90 Å². The minimum absolute atomic E-state index is 0.0127. The predicted octanol–water partition coefficient (Wildman–Crippen LogP) is 3.01. The van der Waals surface area contributed by atoms with Crippen LogP contribution in [0.15, 0.2) is 24.3 Å². The van der Waals surface area contributed by atoms with Crippen molar-refractivity contribution >= 4 is 24.6 Å². The molecule has 0 aromatic heterocycles. The highest BCUT2D eigenvalue weighted by atomic mass is 16.6. The predicted molar refractivity (Wildman–Crippen MR) is 114 cm³/mol. The average Bonchev–Trinajstić information content (AvgIpc) is 2.67. The molecule has 0 radical (unpaired) electrons. The van der Waals surface area contributed by atoms with Crippen LogP contribution in [-0.2, 0) is 18.8 Å². The summed E-state index contributed by atoms with van der Waals surface area (Å²) in [5.41, 5.74) is 0.743. The van der Waals surface area contributed by atoms with Crippen molar-refractivity contribution < 1.29 is 28.4 Å². The van der Waals surface area contributed by atoms with Gasteiger partial charge in [-0.2, -0.15) is 0 Å². The Morgan fingerprint density at radius 1 is 1.13 bits per heavy atom. The zero-order chi connectivity index (χ0) is 21.9. The second-order valence-electron chi connectivity index (χ2n) is 9.82. The maximum Gasteiger partial charge on any atom is 0.493 e. The van der Waals surface area contributed by atoms with E-state index in [1.165, 1.54) is 0 Å². The van der Waals surface area contributed by atoms with E-state index in [2.05, 4.69) is 13.8 Å². The lowest BCUT2D eigenvalue weighted by Crippen LogP contribution is -2.47. The van der Waals surface area contributed by atoms with Crippen LogP contribution in [0.4, 0.5) is 4.79 Å². The number of nitrogens with zero attached hydrogens (tertiary/aromatic N) is 1. The van der Waals surface area contributed by atoms with E-state index in [4.69, 9.17) is 18.8 Å². The third kappa shape index (κ3) is 6.22. The number of piperidine rings is 1. The third-order valence-corrected chi connectivity index (χ3v) is 5.01. The molecule has 3 rings (SSSR count). The Kier molecular flexibility index (Phi) is 6.77. The first kappa shape index (κ1) is 22.6. The lowest BCUT2D eigenvalue weighted by Gasteiger charge is -2.33. The van der Waals surface area contributed by atoms with E-state index in [1.54, 1.807) is 17.0 Å². The summed E-state index contributed by atoms with van der Waals surface area (Å²) < 4.78 is 22.7. The Morgan fingerprint density at radius 3 is 2.37 bits per heavy atom. The summed E-state index contributed by atoms with van der Waals surface area (Å²) in [6.45, 7) is 11.9. The van der Waals surface area contributed by atoms with Crippen LogP contribution in [0, 0.1) is 5.41 Å². The number of hydrogen-bond acceptors (Lipinski definition) is 6. The number of rotatable bonds is 3. The summed E-state index contributed by atoms with van der Waals surface area (Å²) >= 11 is 0. The molecule has 0 saturated carbocycles. The Hall–Kier alpha value is -2.06. The number of ether oxygens (including phenoxy) is 2. The van der Waals surface area contributed by atoms with Gasteiger partial charge in [0.05, 0.1) is 5.56 Å². The van der Waals surface area contributed by atoms with Gasteiger partial charge in [0.2, 0.25) is 0 Å². The fourth-order valence-electron chi connectivity index (χ4n) is 3.40. The number of benzene rings is 1. The van der Waals surface area contributed by atoms with Gasteiger partial charge in [-0.3, -0.25) is 0 Å². The molecule has 2 aliphatic heterocycles. The minimum Gasteiger partial charge on any atom is -0.459 e. The fourth-order valence-corrected chi connectivity index (χ4v) is 3.40. The third-order valence-electron chi connectivity index (χ3n) is 5.01. The monoisotopic (exact) mass is 417 g/mol. The molecule has 7 nitrogen and oxygen atoms in total. The van der Waals surface area contributed by atoms with Crippen molar-refractivity contribution in [2.24, 2.45) is 5.41 Å². The molecule has 0 bridgehead atoms. The quantitative estimate of drug-likeness (QED) is 0.556. The van der Waals surface area contributed by atoms with Crippen molar-refractivity contribution in [1.29, 1.82) is 0 Å². The molecule has 0 atom stereocenters. The molecule has 164 valence electrons. The minimum atomic E-state index is -0.521. The van der Waals surface area contributed by atoms with E-state index >= 15 is 0 Å². The van der Waals surface area contributed by atoms with E-state index in [-0.39, 0.29) is 23.6 Å². The van der Waals surface area contributed by atoms with Gasteiger partial charge in [-0.25, -0.2) is 9.59 Å². The van der Waals surface area contributed by atoms with Gasteiger partial charge >= 0.3 is 19.2 Å². The number of esters is 1. The van der Waals surface area contributed by atoms with Crippen LogP contribution >= 0.6 is 0 Å². The molecule has 0 N–H and O–H groups in total. The first-order chi connectivity index (χ1) is 14.0. The standard InChI is InChI=1S/C22H32BNO6/c1-21(2,3)30-20(26)24-11-9-18(10-12-24)29-19(25)16-7-6-8-17(13-16)23-27-14-22(4,5)15-28-23/h6-8,13,18H,9-12,14-15H2,1-5H3. The highest BCUT2D eigenvalue weighted by Crippen LogP contribution is 2.22. The molecule has 2 aliphatic rings. The van der Waals surface area contributed by atoms with Crippen LogP contribution in [0.25, 0.3) is 0 Å². The Labute approximate surface area is 179 Å². The first-order valence-corrected chi connectivity index (χ1v) is 10.5. The van der Waals surface area contributed by atoms with E-state index in [1.807, 2.05) is 32.9 Å². The highest BCUT2D eigenvalue weighted by molar-refractivity contribution is 6.61. The smallest absolute Gasteiger partial charge is 0.459 e. The molecule has 2 fully saturated rings. The van der Waals surface area contributed by atoms with Crippen molar-refractivity contribution in [3.63, 3.8) is 0 Å². The second-order valence-corrected chi connectivity index (χ2v) is 9.82. The average molecular weight is 417 g/mol. The number of carbonyl (C=O) groups excluding carboxylic acids is 2. The summed E-state index contributed by atoms with van der Waals surface area (Å²) in [5.74, 6) is -0.372.